The quantitative estimate of drug-likeness (QED) is 0.745. The van der Waals surface area contributed by atoms with Crippen LogP contribution in [0, 0.1) is 5.82 Å². The number of anilines is 2. The topological polar surface area (TPSA) is 75.7 Å². The van der Waals surface area contributed by atoms with Gasteiger partial charge in [0.2, 0.25) is 15.9 Å². The van der Waals surface area contributed by atoms with Crippen LogP contribution >= 0.6 is 0 Å². The van der Waals surface area contributed by atoms with Gasteiger partial charge >= 0.3 is 0 Å². The fourth-order valence-corrected chi connectivity index (χ4v) is 3.36. The summed E-state index contributed by atoms with van der Waals surface area (Å²) in [6.45, 7) is 3.66. The van der Waals surface area contributed by atoms with Crippen LogP contribution in [0.4, 0.5) is 15.8 Å². The summed E-state index contributed by atoms with van der Waals surface area (Å²) in [5, 5.41) is 2.69. The number of sulfonamides is 1. The number of rotatable bonds is 8. The maximum Gasteiger partial charge on any atom is 0.232 e. The second kappa shape index (κ2) is 8.85. The molecule has 0 saturated carbocycles. The predicted molar refractivity (Wildman–Crippen MR) is 104 cm³/mol. The third-order valence-corrected chi connectivity index (χ3v) is 4.75. The molecule has 0 unspecified atom stereocenters. The minimum absolute atomic E-state index is 0.0470. The van der Waals surface area contributed by atoms with Gasteiger partial charge in [-0.25, -0.2) is 12.8 Å². The number of benzene rings is 2. The molecule has 27 heavy (non-hydrogen) atoms. The lowest BCUT2D eigenvalue weighted by atomic mass is 10.2. The molecule has 0 aromatic heterocycles. The van der Waals surface area contributed by atoms with Crippen LogP contribution in [-0.2, 0) is 14.8 Å². The molecule has 1 N–H and O–H groups in total. The van der Waals surface area contributed by atoms with Crippen molar-refractivity contribution >= 4 is 27.3 Å². The molecule has 8 heteroatoms. The molecule has 0 aliphatic carbocycles. The van der Waals surface area contributed by atoms with Crippen LogP contribution in [0.25, 0.3) is 0 Å². The van der Waals surface area contributed by atoms with Crippen molar-refractivity contribution in [3.05, 3.63) is 54.3 Å². The minimum Gasteiger partial charge on any atom is -0.491 e. The van der Waals surface area contributed by atoms with Gasteiger partial charge in [-0.15, -0.1) is 0 Å². The van der Waals surface area contributed by atoms with E-state index in [0.717, 1.165) is 10.6 Å². The number of hydrogen-bond acceptors (Lipinski definition) is 4. The van der Waals surface area contributed by atoms with Crippen molar-refractivity contribution in [2.75, 3.05) is 22.4 Å². The van der Waals surface area contributed by atoms with Gasteiger partial charge in [0.05, 0.1) is 18.0 Å². The fourth-order valence-electron chi connectivity index (χ4n) is 2.43. The lowest BCUT2D eigenvalue weighted by Crippen LogP contribution is -2.33. The predicted octanol–water partition coefficient (Wildman–Crippen LogP) is 3.41. The van der Waals surface area contributed by atoms with Crippen molar-refractivity contribution in [2.24, 2.45) is 0 Å². The lowest BCUT2D eigenvalue weighted by molar-refractivity contribution is -0.116. The van der Waals surface area contributed by atoms with E-state index in [2.05, 4.69) is 5.32 Å². The van der Waals surface area contributed by atoms with Gasteiger partial charge in [0, 0.05) is 18.7 Å². The number of para-hydroxylation sites is 1. The SMILES string of the molecule is CC(C)Oc1ccc(NC(=O)CCN(c2ccccc2F)S(C)(=O)=O)cc1. The Morgan fingerprint density at radius 1 is 1.15 bits per heavy atom. The first kappa shape index (κ1) is 20.7. The molecular formula is C19H23FN2O4S. The van der Waals surface area contributed by atoms with Crippen molar-refractivity contribution < 1.29 is 22.3 Å². The van der Waals surface area contributed by atoms with E-state index in [9.17, 15) is 17.6 Å². The lowest BCUT2D eigenvalue weighted by Gasteiger charge is -2.22. The highest BCUT2D eigenvalue weighted by molar-refractivity contribution is 7.92. The first-order chi connectivity index (χ1) is 12.7. The Kier molecular flexibility index (Phi) is 6.79. The van der Waals surface area contributed by atoms with E-state index in [1.54, 1.807) is 24.3 Å². The van der Waals surface area contributed by atoms with Crippen LogP contribution in [0.2, 0.25) is 0 Å². The van der Waals surface area contributed by atoms with Gasteiger partial charge < -0.3 is 10.1 Å². The number of carbonyl (C=O) groups is 1. The van der Waals surface area contributed by atoms with E-state index in [4.69, 9.17) is 4.74 Å². The Balaban J connectivity index is 2.01. The number of nitrogens with one attached hydrogen (secondary N) is 1. The summed E-state index contributed by atoms with van der Waals surface area (Å²) in [4.78, 5) is 12.2. The van der Waals surface area contributed by atoms with E-state index in [0.29, 0.717) is 11.4 Å². The smallest absolute Gasteiger partial charge is 0.232 e. The zero-order valence-electron chi connectivity index (χ0n) is 15.5. The Labute approximate surface area is 159 Å². The molecule has 0 saturated heterocycles. The van der Waals surface area contributed by atoms with Crippen LogP contribution in [0.1, 0.15) is 20.3 Å². The highest BCUT2D eigenvalue weighted by Crippen LogP contribution is 2.22. The van der Waals surface area contributed by atoms with Gasteiger partial charge in [-0.1, -0.05) is 12.1 Å². The summed E-state index contributed by atoms with van der Waals surface area (Å²) in [5.41, 5.74) is 0.482. The van der Waals surface area contributed by atoms with Crippen LogP contribution in [0.3, 0.4) is 0 Å². The van der Waals surface area contributed by atoms with Gasteiger partial charge in [0.1, 0.15) is 11.6 Å². The molecule has 0 fully saturated rings. The van der Waals surface area contributed by atoms with E-state index >= 15 is 0 Å². The summed E-state index contributed by atoms with van der Waals surface area (Å²) in [5.74, 6) is -0.354. The monoisotopic (exact) mass is 394 g/mol. The molecule has 2 rings (SSSR count). The zero-order valence-corrected chi connectivity index (χ0v) is 16.3. The van der Waals surface area contributed by atoms with Gasteiger partial charge in [-0.3, -0.25) is 9.10 Å². The summed E-state index contributed by atoms with van der Waals surface area (Å²) in [6.07, 6.45) is 0.905. The molecule has 0 aliphatic heterocycles. The van der Waals surface area contributed by atoms with E-state index in [1.165, 1.54) is 24.3 Å². The maximum absolute atomic E-state index is 14.0. The molecule has 0 radical (unpaired) electrons. The number of carbonyl (C=O) groups excluding carboxylic acids is 1. The number of hydrogen-bond donors (Lipinski definition) is 1. The molecular weight excluding hydrogens is 371 g/mol. The molecule has 2 aromatic rings. The Bertz CT molecular complexity index is 883. The Morgan fingerprint density at radius 3 is 2.33 bits per heavy atom. The molecule has 0 spiro atoms. The van der Waals surface area contributed by atoms with Crippen LogP contribution in [0.15, 0.2) is 48.5 Å². The molecule has 0 aliphatic rings. The van der Waals surface area contributed by atoms with Gasteiger partial charge in [-0.05, 0) is 50.2 Å². The third kappa shape index (κ3) is 6.25. The Hall–Kier alpha value is -2.61. The highest BCUT2D eigenvalue weighted by atomic mass is 32.2. The van der Waals surface area contributed by atoms with Gasteiger partial charge in [0.25, 0.3) is 0 Å². The molecule has 6 nitrogen and oxygen atoms in total. The second-order valence-electron chi connectivity index (χ2n) is 6.28. The molecule has 1 amide bonds. The van der Waals surface area contributed by atoms with E-state index in [1.807, 2.05) is 13.8 Å². The van der Waals surface area contributed by atoms with Crippen LogP contribution in [0.5, 0.6) is 5.75 Å². The average Bonchev–Trinajstić information content (AvgIpc) is 2.57. The minimum atomic E-state index is -3.73. The summed E-state index contributed by atoms with van der Waals surface area (Å²) < 4.78 is 44.4. The number of ether oxygens (including phenoxy) is 1. The number of amides is 1. The van der Waals surface area contributed by atoms with Crippen molar-refractivity contribution in [2.45, 2.75) is 26.4 Å². The van der Waals surface area contributed by atoms with Crippen molar-refractivity contribution in [3.8, 4) is 5.75 Å². The summed E-state index contributed by atoms with van der Waals surface area (Å²) in [7, 11) is -3.73. The third-order valence-electron chi connectivity index (χ3n) is 3.57. The van der Waals surface area contributed by atoms with Gasteiger partial charge in [-0.2, -0.15) is 0 Å². The maximum atomic E-state index is 14.0. The first-order valence-electron chi connectivity index (χ1n) is 8.45. The molecule has 2 aromatic carbocycles. The molecule has 146 valence electrons. The largest absolute Gasteiger partial charge is 0.491 e. The molecule has 0 heterocycles. The van der Waals surface area contributed by atoms with E-state index in [-0.39, 0.29) is 30.7 Å². The Morgan fingerprint density at radius 2 is 1.78 bits per heavy atom. The first-order valence-corrected chi connectivity index (χ1v) is 10.3. The average molecular weight is 394 g/mol. The van der Waals surface area contributed by atoms with Crippen LogP contribution in [-0.4, -0.2) is 33.2 Å². The van der Waals surface area contributed by atoms with E-state index < -0.39 is 15.8 Å². The fraction of sp³-hybridized carbons (Fsp3) is 0.316. The van der Waals surface area contributed by atoms with Gasteiger partial charge in [0.15, 0.2) is 0 Å². The molecule has 0 atom stereocenters. The van der Waals surface area contributed by atoms with Crippen molar-refractivity contribution in [3.63, 3.8) is 0 Å². The van der Waals surface area contributed by atoms with Crippen molar-refractivity contribution in [1.82, 2.24) is 0 Å². The van der Waals surface area contributed by atoms with Crippen LogP contribution < -0.4 is 14.4 Å². The highest BCUT2D eigenvalue weighted by Gasteiger charge is 2.21. The number of nitrogens with zero attached hydrogens (tertiary/aromatic N) is 1. The number of halogens is 1. The normalized spacial score (nSPS) is 11.3. The summed E-state index contributed by atoms with van der Waals surface area (Å²) in [6, 6.07) is 12.4. The second-order valence-corrected chi connectivity index (χ2v) is 8.18. The molecule has 0 bridgehead atoms. The van der Waals surface area contributed by atoms with Crippen molar-refractivity contribution in [1.29, 1.82) is 0 Å². The standard InChI is InChI=1S/C19H23FN2O4S/c1-14(2)26-16-10-8-15(9-11-16)21-19(23)12-13-22(27(3,24)25)18-7-5-4-6-17(18)20/h4-11,14H,12-13H2,1-3H3,(H,21,23). The summed E-state index contributed by atoms with van der Waals surface area (Å²) >= 11 is 0. The zero-order chi connectivity index (χ0) is 20.0.